The number of benzene rings is 1. The lowest BCUT2D eigenvalue weighted by molar-refractivity contribution is -0.129. The third-order valence-electron chi connectivity index (χ3n) is 3.34. The lowest BCUT2D eigenvalue weighted by Gasteiger charge is -2.21. The summed E-state index contributed by atoms with van der Waals surface area (Å²) in [4.78, 5) is 13.0. The van der Waals surface area contributed by atoms with Crippen LogP contribution >= 0.6 is 0 Å². The molecule has 1 aromatic carbocycles. The minimum Gasteiger partial charge on any atom is -0.497 e. The highest BCUT2D eigenvalue weighted by molar-refractivity contribution is 7.89. The summed E-state index contributed by atoms with van der Waals surface area (Å²) in [5.74, 6) is 0.470. The molecule has 136 valence electrons. The van der Waals surface area contributed by atoms with Crippen LogP contribution in [0.5, 0.6) is 11.5 Å². The average Bonchev–Trinajstić information content (AvgIpc) is 2.56. The number of methoxy groups -OCH3 is 3. The van der Waals surface area contributed by atoms with E-state index in [1.54, 1.807) is 6.07 Å². The molecule has 0 radical (unpaired) electrons. The van der Waals surface area contributed by atoms with Gasteiger partial charge in [0.1, 0.15) is 16.4 Å². The summed E-state index contributed by atoms with van der Waals surface area (Å²) in [6.45, 7) is 2.53. The van der Waals surface area contributed by atoms with Crippen molar-refractivity contribution in [1.29, 1.82) is 0 Å². The van der Waals surface area contributed by atoms with E-state index < -0.39 is 10.0 Å². The fourth-order valence-corrected chi connectivity index (χ4v) is 3.22. The van der Waals surface area contributed by atoms with Crippen molar-refractivity contribution in [2.24, 2.45) is 0 Å². The summed E-state index contributed by atoms with van der Waals surface area (Å²) in [6.07, 6.45) is 0. The molecule has 8 nitrogen and oxygen atoms in total. The number of hydrogen-bond acceptors (Lipinski definition) is 6. The maximum atomic E-state index is 12.5. The highest BCUT2D eigenvalue weighted by Gasteiger charge is 2.20. The molecular formula is C15H24N2O6S. The van der Waals surface area contributed by atoms with Crippen LogP contribution in [0.25, 0.3) is 0 Å². The van der Waals surface area contributed by atoms with Gasteiger partial charge in [-0.05, 0) is 12.1 Å². The van der Waals surface area contributed by atoms with Gasteiger partial charge in [-0.25, -0.2) is 13.1 Å². The number of hydrogen-bond donors (Lipinski definition) is 1. The van der Waals surface area contributed by atoms with Crippen molar-refractivity contribution < 1.29 is 27.4 Å². The molecule has 0 saturated carbocycles. The number of nitrogens with zero attached hydrogens (tertiary/aromatic N) is 1. The number of ether oxygens (including phenoxy) is 3. The Bertz CT molecular complexity index is 647. The van der Waals surface area contributed by atoms with Crippen LogP contribution < -0.4 is 14.2 Å². The van der Waals surface area contributed by atoms with Crippen molar-refractivity contribution in [2.45, 2.75) is 11.8 Å². The van der Waals surface area contributed by atoms with Gasteiger partial charge in [-0.15, -0.1) is 0 Å². The van der Waals surface area contributed by atoms with Gasteiger partial charge >= 0.3 is 0 Å². The van der Waals surface area contributed by atoms with E-state index in [1.807, 2.05) is 0 Å². The van der Waals surface area contributed by atoms with Crippen LogP contribution in [0.15, 0.2) is 23.1 Å². The van der Waals surface area contributed by atoms with E-state index >= 15 is 0 Å². The molecule has 0 fully saturated rings. The van der Waals surface area contributed by atoms with Gasteiger partial charge in [0.2, 0.25) is 15.9 Å². The molecule has 1 rings (SSSR count). The molecule has 0 aliphatic carbocycles. The third-order valence-corrected chi connectivity index (χ3v) is 4.83. The Morgan fingerprint density at radius 2 is 1.88 bits per heavy atom. The van der Waals surface area contributed by atoms with Gasteiger partial charge < -0.3 is 19.1 Å². The molecule has 1 amide bonds. The van der Waals surface area contributed by atoms with Crippen molar-refractivity contribution in [2.75, 3.05) is 47.6 Å². The summed E-state index contributed by atoms with van der Waals surface area (Å²) in [5.41, 5.74) is 0. The number of amides is 1. The molecular weight excluding hydrogens is 336 g/mol. The summed E-state index contributed by atoms with van der Waals surface area (Å²) < 4.78 is 42.5. The van der Waals surface area contributed by atoms with Crippen molar-refractivity contribution in [3.63, 3.8) is 0 Å². The van der Waals surface area contributed by atoms with Gasteiger partial charge in [-0.2, -0.15) is 0 Å². The van der Waals surface area contributed by atoms with E-state index in [9.17, 15) is 13.2 Å². The second-order valence-electron chi connectivity index (χ2n) is 4.91. The SMILES string of the molecule is COCCN(CCNS(=O)(=O)c1cc(OC)ccc1OC)C(C)=O. The maximum Gasteiger partial charge on any atom is 0.244 e. The second-order valence-corrected chi connectivity index (χ2v) is 6.65. The summed E-state index contributed by atoms with van der Waals surface area (Å²) >= 11 is 0. The Hall–Kier alpha value is -1.84. The fraction of sp³-hybridized carbons (Fsp3) is 0.533. The molecule has 0 saturated heterocycles. The van der Waals surface area contributed by atoms with Crippen LogP contribution in [0.1, 0.15) is 6.92 Å². The summed E-state index contributed by atoms with van der Waals surface area (Å²) in [7, 11) is 0.579. The van der Waals surface area contributed by atoms with E-state index in [0.717, 1.165) is 0 Å². The van der Waals surface area contributed by atoms with E-state index in [0.29, 0.717) is 18.9 Å². The van der Waals surface area contributed by atoms with Crippen molar-refractivity contribution in [3.8, 4) is 11.5 Å². The highest BCUT2D eigenvalue weighted by Crippen LogP contribution is 2.27. The molecule has 24 heavy (non-hydrogen) atoms. The Morgan fingerprint density at radius 1 is 1.17 bits per heavy atom. The number of carbonyl (C=O) groups excluding carboxylic acids is 1. The first kappa shape index (κ1) is 20.2. The van der Waals surface area contributed by atoms with Gasteiger partial charge in [0, 0.05) is 39.7 Å². The zero-order chi connectivity index (χ0) is 18.2. The van der Waals surface area contributed by atoms with Crippen LogP contribution in [-0.4, -0.2) is 66.8 Å². The lowest BCUT2D eigenvalue weighted by Crippen LogP contribution is -2.39. The zero-order valence-corrected chi connectivity index (χ0v) is 15.2. The van der Waals surface area contributed by atoms with Crippen LogP contribution in [0.4, 0.5) is 0 Å². The Balaban J connectivity index is 2.81. The first-order valence-electron chi connectivity index (χ1n) is 7.32. The Morgan fingerprint density at radius 3 is 2.42 bits per heavy atom. The number of carbonyl (C=O) groups is 1. The molecule has 9 heteroatoms. The lowest BCUT2D eigenvalue weighted by atomic mass is 10.3. The first-order valence-corrected chi connectivity index (χ1v) is 8.80. The maximum absolute atomic E-state index is 12.5. The summed E-state index contributed by atoms with van der Waals surface area (Å²) in [5, 5.41) is 0. The molecule has 0 bridgehead atoms. The third kappa shape index (κ3) is 5.66. The minimum absolute atomic E-state index is 0.0179. The van der Waals surface area contributed by atoms with Crippen molar-refractivity contribution >= 4 is 15.9 Å². The molecule has 1 aromatic rings. The summed E-state index contributed by atoms with van der Waals surface area (Å²) in [6, 6.07) is 4.52. The molecule has 0 aliphatic rings. The van der Waals surface area contributed by atoms with Gasteiger partial charge in [-0.1, -0.05) is 0 Å². The molecule has 1 N–H and O–H groups in total. The highest BCUT2D eigenvalue weighted by atomic mass is 32.2. The molecule has 0 aliphatic heterocycles. The Labute approximate surface area is 142 Å². The number of sulfonamides is 1. The first-order chi connectivity index (χ1) is 11.4. The van der Waals surface area contributed by atoms with E-state index in [4.69, 9.17) is 14.2 Å². The largest absolute Gasteiger partial charge is 0.497 e. The van der Waals surface area contributed by atoms with Crippen molar-refractivity contribution in [3.05, 3.63) is 18.2 Å². The van der Waals surface area contributed by atoms with Crippen LogP contribution in [-0.2, 0) is 19.6 Å². The van der Waals surface area contributed by atoms with Crippen LogP contribution in [0.2, 0.25) is 0 Å². The van der Waals surface area contributed by atoms with Crippen LogP contribution in [0, 0.1) is 0 Å². The minimum atomic E-state index is -3.80. The fourth-order valence-electron chi connectivity index (χ4n) is 2.01. The second kappa shape index (κ2) is 9.45. The quantitative estimate of drug-likeness (QED) is 0.652. The number of rotatable bonds is 10. The van der Waals surface area contributed by atoms with E-state index in [1.165, 1.54) is 45.3 Å². The molecule has 0 unspecified atom stereocenters. The monoisotopic (exact) mass is 360 g/mol. The predicted octanol–water partition coefficient (Wildman–Crippen LogP) is 0.477. The zero-order valence-electron chi connectivity index (χ0n) is 14.4. The number of nitrogens with one attached hydrogen (secondary N) is 1. The van der Waals surface area contributed by atoms with E-state index in [-0.39, 0.29) is 29.6 Å². The molecule has 0 atom stereocenters. The van der Waals surface area contributed by atoms with Gasteiger partial charge in [0.25, 0.3) is 0 Å². The van der Waals surface area contributed by atoms with Gasteiger partial charge in [0.15, 0.2) is 0 Å². The molecule has 0 aromatic heterocycles. The van der Waals surface area contributed by atoms with Crippen molar-refractivity contribution in [1.82, 2.24) is 9.62 Å². The van der Waals surface area contributed by atoms with E-state index in [2.05, 4.69) is 4.72 Å². The standard InChI is InChI=1S/C15H24N2O6S/c1-12(18)17(9-10-21-2)8-7-16-24(19,20)15-11-13(22-3)5-6-14(15)23-4/h5-6,11,16H,7-10H2,1-4H3. The predicted molar refractivity (Wildman–Crippen MR) is 88.9 cm³/mol. The smallest absolute Gasteiger partial charge is 0.244 e. The molecule has 0 heterocycles. The Kier molecular flexibility index (Phi) is 7.96. The van der Waals surface area contributed by atoms with Gasteiger partial charge in [-0.3, -0.25) is 4.79 Å². The normalized spacial score (nSPS) is 11.2. The van der Waals surface area contributed by atoms with Gasteiger partial charge in [0.05, 0.1) is 20.8 Å². The average molecular weight is 360 g/mol. The molecule has 0 spiro atoms. The van der Waals surface area contributed by atoms with Crippen LogP contribution in [0.3, 0.4) is 0 Å². The topological polar surface area (TPSA) is 94.2 Å².